The van der Waals surface area contributed by atoms with E-state index >= 15 is 0 Å². The number of rotatable bonds is 6. The number of benzene rings is 2. The Labute approximate surface area is 159 Å². The molecule has 28 heavy (non-hydrogen) atoms. The van der Waals surface area contributed by atoms with Crippen LogP contribution >= 0.6 is 0 Å². The Hall–Kier alpha value is -3.88. The van der Waals surface area contributed by atoms with Gasteiger partial charge in [0, 0.05) is 23.3 Å². The number of nitro benzene ring substituents is 1. The van der Waals surface area contributed by atoms with Crippen molar-refractivity contribution < 1.29 is 18.8 Å². The fourth-order valence-corrected chi connectivity index (χ4v) is 2.65. The lowest BCUT2D eigenvalue weighted by atomic mass is 10.1. The van der Waals surface area contributed by atoms with E-state index in [0.29, 0.717) is 17.0 Å². The number of para-hydroxylation sites is 1. The zero-order valence-corrected chi connectivity index (χ0v) is 14.8. The van der Waals surface area contributed by atoms with E-state index in [-0.39, 0.29) is 23.5 Å². The molecule has 0 unspecified atom stereocenters. The molecule has 0 fully saturated rings. The highest BCUT2D eigenvalue weighted by Crippen LogP contribution is 2.30. The Morgan fingerprint density at radius 1 is 1.21 bits per heavy atom. The molecule has 0 aliphatic heterocycles. The molecular weight excluding hydrogens is 367 g/mol. The van der Waals surface area contributed by atoms with Crippen LogP contribution in [-0.4, -0.2) is 27.9 Å². The molecule has 1 amide bonds. The fourth-order valence-electron chi connectivity index (χ4n) is 2.65. The van der Waals surface area contributed by atoms with Crippen LogP contribution in [0.3, 0.4) is 0 Å². The van der Waals surface area contributed by atoms with Gasteiger partial charge in [-0.1, -0.05) is 18.2 Å². The largest absolute Gasteiger partial charge is 0.496 e. The molecule has 0 aliphatic rings. The molecule has 0 saturated carbocycles. The van der Waals surface area contributed by atoms with Crippen LogP contribution in [-0.2, 0) is 11.2 Å². The maximum Gasteiger partial charge on any atom is 0.273 e. The van der Waals surface area contributed by atoms with Crippen molar-refractivity contribution in [3.63, 3.8) is 0 Å². The van der Waals surface area contributed by atoms with Crippen molar-refractivity contribution in [2.24, 2.45) is 0 Å². The van der Waals surface area contributed by atoms with Crippen LogP contribution in [0.1, 0.15) is 5.56 Å². The highest BCUT2D eigenvalue weighted by Gasteiger charge is 2.16. The third kappa shape index (κ3) is 4.26. The summed E-state index contributed by atoms with van der Waals surface area (Å²) in [5, 5.41) is 13.6. The first kappa shape index (κ1) is 18.9. The van der Waals surface area contributed by atoms with E-state index < -0.39 is 16.6 Å². The molecule has 8 nitrogen and oxygen atoms in total. The van der Waals surface area contributed by atoms with Gasteiger partial charge in [-0.25, -0.2) is 14.4 Å². The number of hydrogen-bond donors (Lipinski definition) is 1. The molecule has 0 radical (unpaired) electrons. The number of halogens is 1. The van der Waals surface area contributed by atoms with Crippen molar-refractivity contribution in [3.05, 3.63) is 76.4 Å². The molecule has 0 aliphatic carbocycles. The van der Waals surface area contributed by atoms with Gasteiger partial charge in [0.15, 0.2) is 0 Å². The Kier molecular flexibility index (Phi) is 5.54. The highest BCUT2D eigenvalue weighted by atomic mass is 19.1. The molecule has 0 atom stereocenters. The zero-order valence-electron chi connectivity index (χ0n) is 14.8. The molecule has 0 bridgehead atoms. The quantitative estimate of drug-likeness (QED) is 0.517. The SMILES string of the molecule is COc1ccc(F)cc1-c1cc(NC(=O)Cc2ccccc2[N+](=O)[O-])ncn1. The molecule has 0 saturated heterocycles. The number of hydrogen-bond acceptors (Lipinski definition) is 6. The summed E-state index contributed by atoms with van der Waals surface area (Å²) in [5.41, 5.74) is 0.906. The summed E-state index contributed by atoms with van der Waals surface area (Å²) in [6, 6.07) is 11.5. The van der Waals surface area contributed by atoms with E-state index in [1.165, 1.54) is 55.9 Å². The smallest absolute Gasteiger partial charge is 0.273 e. The minimum absolute atomic E-state index is 0.134. The second kappa shape index (κ2) is 8.21. The number of carbonyl (C=O) groups is 1. The topological polar surface area (TPSA) is 107 Å². The summed E-state index contributed by atoms with van der Waals surface area (Å²) in [5.74, 6) is -0.348. The molecule has 2 aromatic carbocycles. The maximum atomic E-state index is 13.6. The van der Waals surface area contributed by atoms with Crippen LogP contribution in [0.15, 0.2) is 54.9 Å². The number of aromatic nitrogens is 2. The molecular formula is C19H15FN4O4. The average molecular weight is 382 g/mol. The number of nitro groups is 1. The molecule has 142 valence electrons. The second-order valence-electron chi connectivity index (χ2n) is 5.74. The normalized spacial score (nSPS) is 10.4. The van der Waals surface area contributed by atoms with Gasteiger partial charge in [0.25, 0.3) is 5.69 Å². The third-order valence-electron chi connectivity index (χ3n) is 3.91. The molecule has 9 heteroatoms. The zero-order chi connectivity index (χ0) is 20.1. The molecule has 1 heterocycles. The Bertz CT molecular complexity index is 1040. The van der Waals surface area contributed by atoms with Crippen molar-refractivity contribution in [1.29, 1.82) is 0 Å². The van der Waals surface area contributed by atoms with E-state index in [4.69, 9.17) is 4.74 Å². The first-order valence-electron chi connectivity index (χ1n) is 8.16. The van der Waals surface area contributed by atoms with Gasteiger partial charge in [0.1, 0.15) is 23.7 Å². The van der Waals surface area contributed by atoms with Crippen molar-refractivity contribution in [1.82, 2.24) is 9.97 Å². The monoisotopic (exact) mass is 382 g/mol. The van der Waals surface area contributed by atoms with Crippen molar-refractivity contribution in [2.45, 2.75) is 6.42 Å². The van der Waals surface area contributed by atoms with Crippen molar-refractivity contribution in [2.75, 3.05) is 12.4 Å². The van der Waals surface area contributed by atoms with E-state index in [9.17, 15) is 19.3 Å². The summed E-state index contributed by atoms with van der Waals surface area (Å²) in [4.78, 5) is 30.9. The predicted molar refractivity (Wildman–Crippen MR) is 99.4 cm³/mol. The van der Waals surface area contributed by atoms with E-state index in [1.807, 2.05) is 0 Å². The predicted octanol–water partition coefficient (Wildman–Crippen LogP) is 3.38. The van der Waals surface area contributed by atoms with Gasteiger partial charge in [-0.15, -0.1) is 0 Å². The van der Waals surface area contributed by atoms with Gasteiger partial charge in [-0.3, -0.25) is 14.9 Å². The minimum Gasteiger partial charge on any atom is -0.496 e. The fraction of sp³-hybridized carbons (Fsp3) is 0.105. The standard InChI is InChI=1S/C19H15FN4O4/c1-28-17-7-6-13(20)9-14(17)15-10-18(22-11-21-15)23-19(25)8-12-4-2-3-5-16(12)24(26)27/h2-7,9-11H,8H2,1H3,(H,21,22,23,25). The summed E-state index contributed by atoms with van der Waals surface area (Å²) in [6.45, 7) is 0. The van der Waals surface area contributed by atoms with Gasteiger partial charge < -0.3 is 10.1 Å². The third-order valence-corrected chi connectivity index (χ3v) is 3.91. The van der Waals surface area contributed by atoms with Gasteiger partial charge in [-0.2, -0.15) is 0 Å². The number of nitrogens with zero attached hydrogens (tertiary/aromatic N) is 3. The average Bonchev–Trinajstić information content (AvgIpc) is 2.68. The molecule has 3 aromatic rings. The van der Waals surface area contributed by atoms with Crippen LogP contribution in [0.4, 0.5) is 15.9 Å². The number of nitrogens with one attached hydrogen (secondary N) is 1. The van der Waals surface area contributed by atoms with Crippen molar-refractivity contribution >= 4 is 17.4 Å². The van der Waals surface area contributed by atoms with Crippen LogP contribution in [0.5, 0.6) is 5.75 Å². The van der Waals surface area contributed by atoms with Gasteiger partial charge >= 0.3 is 0 Å². The lowest BCUT2D eigenvalue weighted by Crippen LogP contribution is -2.16. The Morgan fingerprint density at radius 2 is 2.00 bits per heavy atom. The van der Waals surface area contributed by atoms with Gasteiger partial charge in [-0.05, 0) is 18.2 Å². The van der Waals surface area contributed by atoms with E-state index in [0.717, 1.165) is 0 Å². The number of amides is 1. The highest BCUT2D eigenvalue weighted by molar-refractivity contribution is 5.92. The summed E-state index contributed by atoms with van der Waals surface area (Å²) < 4.78 is 18.8. The molecule has 1 aromatic heterocycles. The van der Waals surface area contributed by atoms with Crippen LogP contribution in [0, 0.1) is 15.9 Å². The molecule has 1 N–H and O–H groups in total. The van der Waals surface area contributed by atoms with E-state index in [1.54, 1.807) is 6.07 Å². The van der Waals surface area contributed by atoms with Gasteiger partial charge in [0.05, 0.1) is 24.1 Å². The first-order chi connectivity index (χ1) is 13.5. The molecule has 3 rings (SSSR count). The minimum atomic E-state index is -0.540. The summed E-state index contributed by atoms with van der Waals surface area (Å²) in [7, 11) is 1.45. The van der Waals surface area contributed by atoms with Crippen LogP contribution in [0.2, 0.25) is 0 Å². The number of ether oxygens (including phenoxy) is 1. The first-order valence-corrected chi connectivity index (χ1v) is 8.16. The van der Waals surface area contributed by atoms with Crippen LogP contribution in [0.25, 0.3) is 11.3 Å². The van der Waals surface area contributed by atoms with Gasteiger partial charge in [0.2, 0.25) is 5.91 Å². The number of anilines is 1. The maximum absolute atomic E-state index is 13.6. The van der Waals surface area contributed by atoms with Crippen LogP contribution < -0.4 is 10.1 Å². The van der Waals surface area contributed by atoms with Crippen molar-refractivity contribution in [3.8, 4) is 17.0 Å². The Morgan fingerprint density at radius 3 is 2.75 bits per heavy atom. The second-order valence-corrected chi connectivity index (χ2v) is 5.74. The lowest BCUT2D eigenvalue weighted by Gasteiger charge is -2.10. The summed E-state index contributed by atoms with van der Waals surface area (Å²) in [6.07, 6.45) is 1.03. The Balaban J connectivity index is 1.81. The summed E-state index contributed by atoms with van der Waals surface area (Å²) >= 11 is 0. The number of carbonyl (C=O) groups excluding carboxylic acids is 1. The lowest BCUT2D eigenvalue weighted by molar-refractivity contribution is -0.385. The molecule has 0 spiro atoms. The van der Waals surface area contributed by atoms with E-state index in [2.05, 4.69) is 15.3 Å². The number of methoxy groups -OCH3 is 1.